The Bertz CT molecular complexity index is 430. The molecule has 0 amide bonds. The lowest BCUT2D eigenvalue weighted by atomic mass is 10.5. The predicted molar refractivity (Wildman–Crippen MR) is 63.5 cm³/mol. The largest absolute Gasteiger partial charge is 0.339 e. The van der Waals surface area contributed by atoms with Gasteiger partial charge in [0.1, 0.15) is 10.6 Å². The summed E-state index contributed by atoms with van der Waals surface area (Å²) in [7, 11) is 1.21. The Morgan fingerprint density at radius 1 is 1.40 bits per heavy atom. The van der Waals surface area contributed by atoms with E-state index in [-0.39, 0.29) is 20.6 Å². The number of aromatic nitrogens is 1. The molecule has 0 aliphatic rings. The molecule has 1 N–H and O–H groups in total. The van der Waals surface area contributed by atoms with Gasteiger partial charge in [0, 0.05) is 0 Å². The van der Waals surface area contributed by atoms with E-state index in [1.54, 1.807) is 0 Å². The normalized spacial score (nSPS) is 15.0. The van der Waals surface area contributed by atoms with E-state index >= 15 is 0 Å². The third-order valence-electron chi connectivity index (χ3n) is 1.31. The summed E-state index contributed by atoms with van der Waals surface area (Å²) in [6.07, 6.45) is 0. The molecule has 0 bridgehead atoms. The van der Waals surface area contributed by atoms with E-state index in [1.165, 1.54) is 13.2 Å². The lowest BCUT2D eigenvalue weighted by Crippen LogP contribution is -2.13. The Labute approximate surface area is 106 Å². The van der Waals surface area contributed by atoms with E-state index in [0.717, 1.165) is 0 Å². The number of nitrogens with zero attached hydrogens (tertiary/aromatic N) is 1. The molecule has 0 fully saturated rings. The first-order valence-electron chi connectivity index (χ1n) is 3.46. The quantitative estimate of drug-likeness (QED) is 0.402. The van der Waals surface area contributed by atoms with Gasteiger partial charge in [-0.05, 0) is 17.9 Å². The molecule has 0 saturated carbocycles. The minimum Gasteiger partial charge on any atom is -0.339 e. The summed E-state index contributed by atoms with van der Waals surface area (Å²) in [6.45, 7) is -3.40. The summed E-state index contributed by atoms with van der Waals surface area (Å²) in [5, 5.41) is 0.226. The van der Waals surface area contributed by atoms with Crippen LogP contribution < -0.4 is 5.44 Å². The van der Waals surface area contributed by atoms with E-state index in [9.17, 15) is 4.89 Å². The molecule has 1 heterocycles. The molecule has 4 nitrogen and oxygen atoms in total. The minimum atomic E-state index is -3.40. The SMILES string of the molecule is COOP(O)(=S)c1nc(Cl)c(Cl)cc1Cl. The number of hydrogen-bond acceptors (Lipinski definition) is 4. The first-order valence-corrected chi connectivity index (χ1v) is 7.26. The Morgan fingerprint density at radius 3 is 2.53 bits per heavy atom. The van der Waals surface area contributed by atoms with Crippen LogP contribution in [0.2, 0.25) is 15.2 Å². The van der Waals surface area contributed by atoms with Crippen LogP contribution in [0.1, 0.15) is 0 Å². The predicted octanol–water partition coefficient (Wildman–Crippen LogP) is 2.55. The molecule has 15 heavy (non-hydrogen) atoms. The highest BCUT2D eigenvalue weighted by atomic mass is 35.5. The van der Waals surface area contributed by atoms with E-state index < -0.39 is 6.49 Å². The van der Waals surface area contributed by atoms with Crippen molar-refractivity contribution in [1.82, 2.24) is 4.98 Å². The summed E-state index contributed by atoms with van der Waals surface area (Å²) in [6, 6.07) is 1.32. The Morgan fingerprint density at radius 2 is 2.00 bits per heavy atom. The molecule has 0 aliphatic heterocycles. The smallest absolute Gasteiger partial charge is 0.269 e. The molecule has 84 valence electrons. The maximum atomic E-state index is 9.71. The molecule has 1 aromatic rings. The molecule has 0 radical (unpaired) electrons. The first-order chi connectivity index (χ1) is 6.88. The van der Waals surface area contributed by atoms with Crippen LogP contribution >= 0.6 is 41.3 Å². The van der Waals surface area contributed by atoms with Crippen LogP contribution in [0.25, 0.3) is 0 Å². The highest BCUT2D eigenvalue weighted by molar-refractivity contribution is 8.13. The average Bonchev–Trinajstić information content (AvgIpc) is 2.11. The Hall–Kier alpha value is 0.550. The highest BCUT2D eigenvalue weighted by Gasteiger charge is 2.25. The Kier molecular flexibility index (Phi) is 4.77. The van der Waals surface area contributed by atoms with Crippen molar-refractivity contribution >= 4 is 58.5 Å². The maximum absolute atomic E-state index is 9.71. The van der Waals surface area contributed by atoms with Gasteiger partial charge in [0.25, 0.3) is 6.49 Å². The van der Waals surface area contributed by atoms with Crippen LogP contribution in [0.3, 0.4) is 0 Å². The van der Waals surface area contributed by atoms with Gasteiger partial charge in [-0.2, -0.15) is 4.67 Å². The zero-order valence-corrected chi connectivity index (χ0v) is 11.3. The zero-order chi connectivity index (χ0) is 11.6. The van der Waals surface area contributed by atoms with Crippen molar-refractivity contribution < 1.29 is 14.5 Å². The van der Waals surface area contributed by atoms with Crippen molar-refractivity contribution in [3.8, 4) is 0 Å². The van der Waals surface area contributed by atoms with Crippen molar-refractivity contribution in [1.29, 1.82) is 0 Å². The van der Waals surface area contributed by atoms with Crippen LogP contribution in [0.5, 0.6) is 0 Å². The molecular weight excluding hydrogens is 303 g/mol. The van der Waals surface area contributed by atoms with Gasteiger partial charge in [0.15, 0.2) is 0 Å². The van der Waals surface area contributed by atoms with Gasteiger partial charge in [-0.25, -0.2) is 9.87 Å². The molecule has 0 spiro atoms. The van der Waals surface area contributed by atoms with E-state index in [4.69, 9.17) is 46.6 Å². The fourth-order valence-electron chi connectivity index (χ4n) is 0.770. The molecule has 0 saturated heterocycles. The lowest BCUT2D eigenvalue weighted by molar-refractivity contribution is -0.176. The molecule has 1 atom stereocenters. The van der Waals surface area contributed by atoms with Crippen LogP contribution in [-0.2, 0) is 21.4 Å². The number of pyridine rings is 1. The van der Waals surface area contributed by atoms with Gasteiger partial charge < -0.3 is 4.89 Å². The molecule has 0 aliphatic carbocycles. The molecule has 9 heteroatoms. The van der Waals surface area contributed by atoms with E-state index in [0.29, 0.717) is 0 Å². The van der Waals surface area contributed by atoms with Gasteiger partial charge >= 0.3 is 0 Å². The minimum absolute atomic E-state index is 0.0148. The van der Waals surface area contributed by atoms with Crippen molar-refractivity contribution in [2.45, 2.75) is 0 Å². The molecule has 0 aromatic carbocycles. The molecule has 1 unspecified atom stereocenters. The maximum Gasteiger partial charge on any atom is 0.269 e. The van der Waals surface area contributed by atoms with Crippen LogP contribution in [0.4, 0.5) is 0 Å². The fourth-order valence-corrected chi connectivity index (χ4v) is 3.25. The van der Waals surface area contributed by atoms with Gasteiger partial charge in [0.05, 0.1) is 17.2 Å². The second-order valence-electron chi connectivity index (χ2n) is 2.33. The van der Waals surface area contributed by atoms with Crippen molar-refractivity contribution in [2.24, 2.45) is 0 Å². The summed E-state index contributed by atoms with van der Waals surface area (Å²) in [5.41, 5.74) is -0.0459. The second kappa shape index (κ2) is 5.25. The summed E-state index contributed by atoms with van der Waals surface area (Å²) >= 11 is 21.9. The average molecular weight is 309 g/mol. The highest BCUT2D eigenvalue weighted by Crippen LogP contribution is 2.43. The van der Waals surface area contributed by atoms with Crippen LogP contribution in [-0.4, -0.2) is 17.0 Å². The summed E-state index contributed by atoms with van der Waals surface area (Å²) in [5.74, 6) is 0. The second-order valence-corrected chi connectivity index (χ2v) is 6.60. The van der Waals surface area contributed by atoms with Crippen molar-refractivity contribution in [3.05, 3.63) is 21.3 Å². The number of hydrogen-bond donors (Lipinski definition) is 1. The standard InChI is InChI=1S/C6H5Cl3NO3PS/c1-12-13-14(11,15)6-4(8)2-3(7)5(9)10-6/h2H,1H3,(H,11,15). The van der Waals surface area contributed by atoms with Crippen molar-refractivity contribution in [2.75, 3.05) is 7.11 Å². The van der Waals surface area contributed by atoms with Gasteiger partial charge in [-0.15, -0.1) is 0 Å². The van der Waals surface area contributed by atoms with Gasteiger partial charge in [-0.3, -0.25) is 0 Å². The zero-order valence-electron chi connectivity index (χ0n) is 7.28. The Balaban J connectivity index is 3.26. The molecule has 1 aromatic heterocycles. The van der Waals surface area contributed by atoms with E-state index in [1.807, 2.05) is 0 Å². The lowest BCUT2D eigenvalue weighted by Gasteiger charge is -2.13. The first kappa shape index (κ1) is 13.6. The van der Waals surface area contributed by atoms with Gasteiger partial charge in [0.2, 0.25) is 0 Å². The van der Waals surface area contributed by atoms with Crippen LogP contribution in [0.15, 0.2) is 6.07 Å². The topological polar surface area (TPSA) is 51.6 Å². The van der Waals surface area contributed by atoms with Crippen molar-refractivity contribution in [3.63, 3.8) is 0 Å². The molecular formula is C6H5Cl3NO3PS. The van der Waals surface area contributed by atoms with E-state index in [2.05, 4.69) is 14.5 Å². The summed E-state index contributed by atoms with van der Waals surface area (Å²) < 4.78 is 4.52. The number of rotatable bonds is 3. The fraction of sp³-hybridized carbons (Fsp3) is 0.167. The third-order valence-corrected chi connectivity index (χ3v) is 4.33. The summed E-state index contributed by atoms with van der Waals surface area (Å²) in [4.78, 5) is 17.8. The molecule has 1 rings (SSSR count). The number of halogens is 3. The van der Waals surface area contributed by atoms with Gasteiger partial charge in [-0.1, -0.05) is 34.8 Å². The monoisotopic (exact) mass is 307 g/mol. The van der Waals surface area contributed by atoms with Crippen LogP contribution in [0, 0.1) is 0 Å². The third kappa shape index (κ3) is 3.25.